The van der Waals surface area contributed by atoms with Crippen LogP contribution in [0.2, 0.25) is 0 Å². The van der Waals surface area contributed by atoms with Crippen LogP contribution in [0, 0.1) is 0 Å². The lowest BCUT2D eigenvalue weighted by atomic mass is 9.98. The van der Waals surface area contributed by atoms with Gasteiger partial charge in [0.2, 0.25) is 0 Å². The van der Waals surface area contributed by atoms with Gasteiger partial charge in [0.15, 0.2) is 18.5 Å². The fourth-order valence-corrected chi connectivity index (χ4v) is 4.97. The molecule has 9 heteroatoms. The minimum atomic E-state index is -1.37. The van der Waals surface area contributed by atoms with Crippen molar-refractivity contribution in [2.45, 2.75) is 154 Å². The van der Waals surface area contributed by atoms with Crippen LogP contribution < -0.4 is 0 Å². The molecule has 2 rings (SSSR count). The highest BCUT2D eigenvalue weighted by Gasteiger charge is 2.51. The summed E-state index contributed by atoms with van der Waals surface area (Å²) >= 11 is 0. The van der Waals surface area contributed by atoms with E-state index in [0.717, 1.165) is 57.8 Å². The van der Waals surface area contributed by atoms with Gasteiger partial charge in [-0.25, -0.2) is 0 Å². The normalized spacial score (nSPS) is 30.9. The number of hydrogen-bond acceptors (Lipinski definition) is 9. The first kappa shape index (κ1) is 31.5. The first-order valence-corrected chi connectivity index (χ1v) is 14.3. The van der Waals surface area contributed by atoms with Crippen molar-refractivity contribution in [1.29, 1.82) is 0 Å². The molecule has 214 valence electrons. The van der Waals surface area contributed by atoms with Crippen molar-refractivity contribution in [3.63, 3.8) is 0 Å². The van der Waals surface area contributed by atoms with Gasteiger partial charge >= 0.3 is 17.9 Å². The number of carbonyl (C=O) groups excluding carboxylic acids is 3. The van der Waals surface area contributed by atoms with Crippen molar-refractivity contribution in [1.82, 2.24) is 0 Å². The number of aliphatic hydroxyl groups excluding tert-OH is 1. The Morgan fingerprint density at radius 3 is 2.19 bits per heavy atom. The highest BCUT2D eigenvalue weighted by molar-refractivity contribution is 5.70. The molecule has 0 bridgehead atoms. The van der Waals surface area contributed by atoms with Crippen LogP contribution in [0.15, 0.2) is 0 Å². The standard InChI is InChI=1S/C28H48O9/c1-4-5-13-16-22-17-14-11-9-7-6-8-10-12-15-18-24(31)37-27-26(34-21(3)30)25(32)23(19-33-20(2)29)36-28(27)35-22/h22-23,25-28,32H,4-19H2,1-3H3/t22-,23-,25-,26+,27-,28-/m1/s1. The van der Waals surface area contributed by atoms with E-state index in [9.17, 15) is 19.5 Å². The van der Waals surface area contributed by atoms with Gasteiger partial charge in [-0.1, -0.05) is 77.6 Å². The zero-order chi connectivity index (χ0) is 27.0. The van der Waals surface area contributed by atoms with Gasteiger partial charge in [-0.2, -0.15) is 0 Å². The van der Waals surface area contributed by atoms with Gasteiger partial charge in [0.25, 0.3) is 0 Å². The molecule has 0 aromatic carbocycles. The molecule has 2 fully saturated rings. The van der Waals surface area contributed by atoms with Crippen molar-refractivity contribution in [2.24, 2.45) is 0 Å². The van der Waals surface area contributed by atoms with E-state index in [1.807, 2.05) is 0 Å². The summed E-state index contributed by atoms with van der Waals surface area (Å²) in [6.07, 6.45) is 8.76. The Labute approximate surface area is 221 Å². The SMILES string of the molecule is CCCCC[C@@H]1CCCCCCCCCCCC(=O)O[C@H]2[C@H](O1)O[C@H](COC(C)=O)[C@@H](O)[C@@H]2OC(C)=O. The van der Waals surface area contributed by atoms with Crippen LogP contribution in [-0.2, 0) is 38.1 Å². The molecule has 0 radical (unpaired) electrons. The highest BCUT2D eigenvalue weighted by atomic mass is 16.7. The molecule has 9 nitrogen and oxygen atoms in total. The summed E-state index contributed by atoms with van der Waals surface area (Å²) in [7, 11) is 0. The van der Waals surface area contributed by atoms with E-state index in [2.05, 4.69) is 6.92 Å². The Morgan fingerprint density at radius 2 is 1.57 bits per heavy atom. The van der Waals surface area contributed by atoms with Crippen LogP contribution in [-0.4, -0.2) is 66.4 Å². The molecule has 2 heterocycles. The smallest absolute Gasteiger partial charge is 0.306 e. The molecule has 37 heavy (non-hydrogen) atoms. The van der Waals surface area contributed by atoms with E-state index in [1.54, 1.807) is 0 Å². The van der Waals surface area contributed by atoms with Crippen LogP contribution in [0.4, 0.5) is 0 Å². The van der Waals surface area contributed by atoms with Crippen LogP contribution in [0.3, 0.4) is 0 Å². The highest BCUT2D eigenvalue weighted by Crippen LogP contribution is 2.30. The molecule has 0 aromatic heterocycles. The van der Waals surface area contributed by atoms with Crippen molar-refractivity contribution >= 4 is 17.9 Å². The zero-order valence-corrected chi connectivity index (χ0v) is 23.0. The molecule has 2 saturated heterocycles. The maximum atomic E-state index is 12.8. The van der Waals surface area contributed by atoms with Crippen LogP contribution in [0.25, 0.3) is 0 Å². The van der Waals surface area contributed by atoms with Crippen molar-refractivity contribution < 1.29 is 43.2 Å². The van der Waals surface area contributed by atoms with E-state index in [0.29, 0.717) is 6.42 Å². The Balaban J connectivity index is 2.29. The number of fused-ring (bicyclic) bond motifs is 1. The van der Waals surface area contributed by atoms with Crippen LogP contribution in [0.1, 0.15) is 117 Å². The second-order valence-electron chi connectivity index (χ2n) is 10.3. The molecule has 0 spiro atoms. The van der Waals surface area contributed by atoms with Gasteiger partial charge in [0, 0.05) is 20.3 Å². The number of hydrogen-bond donors (Lipinski definition) is 1. The Hall–Kier alpha value is -1.71. The Kier molecular flexibility index (Phi) is 15.1. The fourth-order valence-electron chi connectivity index (χ4n) is 4.97. The average Bonchev–Trinajstić information content (AvgIpc) is 2.84. The molecule has 0 aliphatic carbocycles. The molecule has 2 aliphatic heterocycles. The number of esters is 3. The van der Waals surface area contributed by atoms with Crippen molar-refractivity contribution in [3.8, 4) is 0 Å². The molecule has 6 atom stereocenters. The third-order valence-corrected chi connectivity index (χ3v) is 7.00. The molecule has 0 saturated carbocycles. The lowest BCUT2D eigenvalue weighted by Crippen LogP contribution is -2.62. The molecule has 0 unspecified atom stereocenters. The molecular formula is C28H48O9. The summed E-state index contributed by atoms with van der Waals surface area (Å²) in [6.45, 7) is 4.40. The zero-order valence-electron chi connectivity index (χ0n) is 23.0. The summed E-state index contributed by atoms with van der Waals surface area (Å²) in [5, 5.41) is 11.0. The monoisotopic (exact) mass is 528 g/mol. The fraction of sp³-hybridized carbons (Fsp3) is 0.893. The predicted octanol–water partition coefficient (Wildman–Crippen LogP) is 4.75. The maximum Gasteiger partial charge on any atom is 0.306 e. The lowest BCUT2D eigenvalue weighted by molar-refractivity contribution is -0.316. The topological polar surface area (TPSA) is 118 Å². The van der Waals surface area contributed by atoms with Gasteiger partial charge < -0.3 is 28.8 Å². The molecule has 1 N–H and O–H groups in total. The van der Waals surface area contributed by atoms with Gasteiger partial charge in [0.1, 0.15) is 18.8 Å². The third kappa shape index (κ3) is 12.1. The second kappa shape index (κ2) is 17.7. The minimum absolute atomic E-state index is 0.143. The van der Waals surface area contributed by atoms with Gasteiger partial charge in [-0.3, -0.25) is 14.4 Å². The quantitative estimate of drug-likeness (QED) is 0.284. The first-order valence-electron chi connectivity index (χ1n) is 14.3. The van der Waals surface area contributed by atoms with Gasteiger partial charge in [-0.15, -0.1) is 0 Å². The molecule has 0 aromatic rings. The number of carbonyl (C=O) groups is 3. The summed E-state index contributed by atoms with van der Waals surface area (Å²) in [5.74, 6) is -1.60. The molecular weight excluding hydrogens is 480 g/mol. The largest absolute Gasteiger partial charge is 0.463 e. The third-order valence-electron chi connectivity index (χ3n) is 7.00. The molecule has 0 amide bonds. The average molecular weight is 529 g/mol. The Bertz CT molecular complexity index is 683. The maximum absolute atomic E-state index is 12.8. The summed E-state index contributed by atoms with van der Waals surface area (Å²) in [4.78, 5) is 36.2. The van der Waals surface area contributed by atoms with E-state index in [4.69, 9.17) is 23.7 Å². The summed E-state index contributed by atoms with van der Waals surface area (Å²) in [5.41, 5.74) is 0. The first-order chi connectivity index (χ1) is 17.8. The van der Waals surface area contributed by atoms with Crippen LogP contribution in [0.5, 0.6) is 0 Å². The number of ether oxygens (including phenoxy) is 5. The second-order valence-corrected chi connectivity index (χ2v) is 10.3. The van der Waals surface area contributed by atoms with E-state index in [1.165, 1.54) is 39.5 Å². The lowest BCUT2D eigenvalue weighted by Gasteiger charge is -2.44. The summed E-state index contributed by atoms with van der Waals surface area (Å²) < 4.78 is 28.8. The number of unbranched alkanes of at least 4 members (excludes halogenated alkanes) is 2. The van der Waals surface area contributed by atoms with E-state index < -0.39 is 48.6 Å². The molecule has 2 aliphatic rings. The summed E-state index contributed by atoms with van der Waals surface area (Å²) in [6, 6.07) is 0. The van der Waals surface area contributed by atoms with E-state index in [-0.39, 0.29) is 19.1 Å². The number of rotatable bonds is 7. The minimum Gasteiger partial charge on any atom is -0.463 e. The van der Waals surface area contributed by atoms with Gasteiger partial charge in [0.05, 0.1) is 6.10 Å². The van der Waals surface area contributed by atoms with Crippen molar-refractivity contribution in [3.05, 3.63) is 0 Å². The Morgan fingerprint density at radius 1 is 0.919 bits per heavy atom. The predicted molar refractivity (Wildman–Crippen MR) is 137 cm³/mol. The van der Waals surface area contributed by atoms with Gasteiger partial charge in [-0.05, 0) is 19.3 Å². The van der Waals surface area contributed by atoms with Crippen LogP contribution >= 0.6 is 0 Å². The number of aliphatic hydroxyl groups is 1. The van der Waals surface area contributed by atoms with Crippen molar-refractivity contribution in [2.75, 3.05) is 6.61 Å². The van der Waals surface area contributed by atoms with E-state index >= 15 is 0 Å².